The zero-order valence-corrected chi connectivity index (χ0v) is 10.2. The normalized spacial score (nSPS) is 9.50. The van der Waals surface area contributed by atoms with Gasteiger partial charge in [-0.2, -0.15) is 0 Å². The molecule has 2 N–H and O–H groups in total. The monoisotopic (exact) mass is 260 g/mol. The second kappa shape index (κ2) is 8.97. The third-order valence-corrected chi connectivity index (χ3v) is 1.70. The van der Waals surface area contributed by atoms with E-state index in [0.717, 1.165) is 0 Å². The molecule has 0 aromatic rings. The number of carbonyl (C=O) groups excluding carboxylic acids is 4. The van der Waals surface area contributed by atoms with Gasteiger partial charge in [0.15, 0.2) is 0 Å². The summed E-state index contributed by atoms with van der Waals surface area (Å²) < 4.78 is 9.26. The molecule has 0 bridgehead atoms. The Morgan fingerprint density at radius 2 is 1.61 bits per heavy atom. The number of ether oxygens (including phenoxy) is 2. The van der Waals surface area contributed by atoms with Crippen LogP contribution in [0.1, 0.15) is 13.8 Å². The first-order chi connectivity index (χ1) is 8.56. The second-order valence-electron chi connectivity index (χ2n) is 3.00. The van der Waals surface area contributed by atoms with Crippen LogP contribution in [0.2, 0.25) is 0 Å². The topological polar surface area (TPSA) is 111 Å². The lowest BCUT2D eigenvalue weighted by Gasteiger charge is -2.15. The molecule has 0 aliphatic carbocycles. The molecule has 0 radical (unpaired) electrons. The average Bonchev–Trinajstić information content (AvgIpc) is 2.33. The van der Waals surface area contributed by atoms with Crippen molar-refractivity contribution in [2.24, 2.45) is 0 Å². The van der Waals surface area contributed by atoms with Gasteiger partial charge in [0, 0.05) is 0 Å². The van der Waals surface area contributed by atoms with E-state index in [9.17, 15) is 19.2 Å². The number of hydrogen-bond acceptors (Lipinski definition) is 6. The summed E-state index contributed by atoms with van der Waals surface area (Å²) in [5.41, 5.74) is 0. The first-order valence-electron chi connectivity index (χ1n) is 5.36. The molecule has 0 atom stereocenters. The first-order valence-corrected chi connectivity index (χ1v) is 5.36. The fourth-order valence-corrected chi connectivity index (χ4v) is 1.01. The molecule has 0 aromatic heterocycles. The van der Waals surface area contributed by atoms with Crippen molar-refractivity contribution in [1.82, 2.24) is 10.6 Å². The molecule has 2 amide bonds. The Morgan fingerprint density at radius 1 is 1.11 bits per heavy atom. The minimum absolute atomic E-state index is 0.0667. The van der Waals surface area contributed by atoms with Gasteiger partial charge in [-0.1, -0.05) is 0 Å². The van der Waals surface area contributed by atoms with Crippen LogP contribution in [0.4, 0.5) is 0 Å². The molecule has 0 saturated heterocycles. The van der Waals surface area contributed by atoms with Gasteiger partial charge in [0.2, 0.25) is 18.4 Å². The summed E-state index contributed by atoms with van der Waals surface area (Å²) in [5.74, 6) is -2.51. The van der Waals surface area contributed by atoms with E-state index in [-0.39, 0.29) is 19.8 Å². The summed E-state index contributed by atoms with van der Waals surface area (Å²) in [4.78, 5) is 44.2. The van der Waals surface area contributed by atoms with Crippen molar-refractivity contribution >= 4 is 24.3 Å². The fraction of sp³-hybridized carbons (Fsp3) is 0.600. The molecular weight excluding hydrogens is 244 g/mol. The number of esters is 2. The number of amides is 2. The molecule has 0 aromatic carbocycles. The molecular formula is C10H16N2O6. The molecule has 0 aliphatic rings. The van der Waals surface area contributed by atoms with Crippen molar-refractivity contribution < 1.29 is 28.7 Å². The molecule has 0 spiro atoms. The molecule has 102 valence electrons. The SMILES string of the molecule is CCOC(=O)C(NC(=O)CNC=O)C(=O)OCC. The smallest absolute Gasteiger partial charge is 0.340 e. The van der Waals surface area contributed by atoms with Gasteiger partial charge < -0.3 is 20.1 Å². The van der Waals surface area contributed by atoms with Gasteiger partial charge in [-0.05, 0) is 13.8 Å². The highest BCUT2D eigenvalue weighted by molar-refractivity contribution is 6.02. The van der Waals surface area contributed by atoms with Crippen LogP contribution in [0, 0.1) is 0 Å². The molecule has 0 fully saturated rings. The van der Waals surface area contributed by atoms with Crippen LogP contribution in [0.3, 0.4) is 0 Å². The number of carbonyl (C=O) groups is 4. The maximum absolute atomic E-state index is 11.4. The van der Waals surface area contributed by atoms with Crippen LogP contribution in [0.15, 0.2) is 0 Å². The van der Waals surface area contributed by atoms with E-state index in [0.29, 0.717) is 6.41 Å². The molecule has 0 rings (SSSR count). The Kier molecular flexibility index (Phi) is 7.91. The third-order valence-electron chi connectivity index (χ3n) is 1.70. The van der Waals surface area contributed by atoms with Gasteiger partial charge in [0.05, 0.1) is 19.8 Å². The van der Waals surface area contributed by atoms with E-state index < -0.39 is 23.9 Å². The Labute approximate surface area is 104 Å². The van der Waals surface area contributed by atoms with Gasteiger partial charge in [0.1, 0.15) is 0 Å². The highest BCUT2D eigenvalue weighted by Gasteiger charge is 2.30. The fourth-order valence-electron chi connectivity index (χ4n) is 1.01. The number of hydrogen-bond donors (Lipinski definition) is 2. The van der Waals surface area contributed by atoms with Crippen LogP contribution in [0.5, 0.6) is 0 Å². The molecule has 8 nitrogen and oxygen atoms in total. The standard InChI is InChI=1S/C10H16N2O6/c1-3-17-9(15)8(10(16)18-4-2)12-7(14)5-11-6-13/h6,8H,3-5H2,1-2H3,(H,11,13)(H,12,14). The zero-order valence-electron chi connectivity index (χ0n) is 10.2. The van der Waals surface area contributed by atoms with Crippen molar-refractivity contribution in [2.75, 3.05) is 19.8 Å². The zero-order chi connectivity index (χ0) is 14.0. The van der Waals surface area contributed by atoms with E-state index in [1.165, 1.54) is 0 Å². The van der Waals surface area contributed by atoms with Crippen molar-refractivity contribution in [3.63, 3.8) is 0 Å². The van der Waals surface area contributed by atoms with Crippen LogP contribution < -0.4 is 10.6 Å². The largest absolute Gasteiger partial charge is 0.464 e. The summed E-state index contributed by atoms with van der Waals surface area (Å²) in [6.45, 7) is 2.92. The van der Waals surface area contributed by atoms with Crippen LogP contribution in [-0.4, -0.2) is 50.1 Å². The second-order valence-corrected chi connectivity index (χ2v) is 3.00. The first kappa shape index (κ1) is 15.9. The van der Waals surface area contributed by atoms with E-state index in [1.807, 2.05) is 0 Å². The van der Waals surface area contributed by atoms with Crippen LogP contribution in [-0.2, 0) is 28.7 Å². The lowest BCUT2D eigenvalue weighted by Crippen LogP contribution is -2.50. The van der Waals surface area contributed by atoms with Crippen LogP contribution in [0.25, 0.3) is 0 Å². The van der Waals surface area contributed by atoms with Gasteiger partial charge in [-0.15, -0.1) is 0 Å². The predicted octanol–water partition coefficient (Wildman–Crippen LogP) is -1.66. The Balaban J connectivity index is 4.55. The summed E-state index contributed by atoms with van der Waals surface area (Å²) in [6.07, 6.45) is 0.323. The average molecular weight is 260 g/mol. The van der Waals surface area contributed by atoms with Gasteiger partial charge in [0.25, 0.3) is 0 Å². The molecule has 0 saturated carbocycles. The number of nitrogens with one attached hydrogen (secondary N) is 2. The van der Waals surface area contributed by atoms with E-state index in [1.54, 1.807) is 13.8 Å². The molecule has 8 heteroatoms. The van der Waals surface area contributed by atoms with Crippen molar-refractivity contribution in [3.8, 4) is 0 Å². The summed E-state index contributed by atoms with van der Waals surface area (Å²) in [6, 6.07) is -1.52. The summed E-state index contributed by atoms with van der Waals surface area (Å²) >= 11 is 0. The maximum atomic E-state index is 11.4. The highest BCUT2D eigenvalue weighted by Crippen LogP contribution is 1.94. The lowest BCUT2D eigenvalue weighted by molar-refractivity contribution is -0.159. The lowest BCUT2D eigenvalue weighted by atomic mass is 10.3. The predicted molar refractivity (Wildman–Crippen MR) is 59.3 cm³/mol. The van der Waals surface area contributed by atoms with E-state index in [2.05, 4.69) is 20.1 Å². The Hall–Kier alpha value is -2.12. The minimum Gasteiger partial charge on any atom is -0.464 e. The third kappa shape index (κ3) is 5.83. The van der Waals surface area contributed by atoms with E-state index in [4.69, 9.17) is 0 Å². The summed E-state index contributed by atoms with van der Waals surface area (Å²) in [7, 11) is 0. The van der Waals surface area contributed by atoms with Crippen molar-refractivity contribution in [2.45, 2.75) is 19.9 Å². The Morgan fingerprint density at radius 3 is 2.00 bits per heavy atom. The number of rotatable bonds is 8. The molecule has 0 unspecified atom stereocenters. The Bertz CT molecular complexity index is 299. The van der Waals surface area contributed by atoms with E-state index >= 15 is 0 Å². The van der Waals surface area contributed by atoms with Crippen molar-refractivity contribution in [1.29, 1.82) is 0 Å². The van der Waals surface area contributed by atoms with Gasteiger partial charge in [-0.25, -0.2) is 9.59 Å². The quantitative estimate of drug-likeness (QED) is 0.307. The molecule has 0 heterocycles. The maximum Gasteiger partial charge on any atom is 0.340 e. The highest BCUT2D eigenvalue weighted by atomic mass is 16.6. The van der Waals surface area contributed by atoms with Gasteiger partial charge >= 0.3 is 11.9 Å². The minimum atomic E-state index is -1.52. The van der Waals surface area contributed by atoms with Gasteiger partial charge in [-0.3, -0.25) is 9.59 Å². The molecule has 18 heavy (non-hydrogen) atoms. The van der Waals surface area contributed by atoms with Crippen LogP contribution >= 0.6 is 0 Å². The summed E-state index contributed by atoms with van der Waals surface area (Å²) in [5, 5.41) is 4.21. The van der Waals surface area contributed by atoms with Crippen molar-refractivity contribution in [3.05, 3.63) is 0 Å². The molecule has 0 aliphatic heterocycles.